The molecule has 0 aliphatic heterocycles. The lowest BCUT2D eigenvalue weighted by molar-refractivity contribution is -0.129. The Kier molecular flexibility index (Phi) is 5.02. The van der Waals surface area contributed by atoms with E-state index in [1.807, 2.05) is 0 Å². The van der Waals surface area contributed by atoms with Gasteiger partial charge < -0.3 is 11.1 Å². The summed E-state index contributed by atoms with van der Waals surface area (Å²) in [6.45, 7) is 9.10. The fourth-order valence-electron chi connectivity index (χ4n) is 4.45. The first kappa shape index (κ1) is 16.8. The molecule has 1 amide bonds. The van der Waals surface area contributed by atoms with Crippen molar-refractivity contribution in [1.82, 2.24) is 5.32 Å². The van der Waals surface area contributed by atoms with E-state index in [1.165, 1.54) is 25.7 Å². The molecule has 3 nitrogen and oxygen atoms in total. The Morgan fingerprint density at radius 1 is 1.14 bits per heavy atom. The molecule has 4 unspecified atom stereocenters. The highest BCUT2D eigenvalue weighted by Crippen LogP contribution is 2.38. The van der Waals surface area contributed by atoms with E-state index in [9.17, 15) is 4.79 Å². The third-order valence-electron chi connectivity index (χ3n) is 5.68. The minimum atomic E-state index is -0.627. The van der Waals surface area contributed by atoms with Crippen molar-refractivity contribution in [2.75, 3.05) is 0 Å². The molecule has 0 aromatic carbocycles. The molecule has 0 heterocycles. The highest BCUT2D eigenvalue weighted by molar-refractivity contribution is 5.86. The predicted octanol–water partition coefficient (Wildman–Crippen LogP) is 3.62. The van der Waals surface area contributed by atoms with E-state index in [4.69, 9.17) is 5.73 Å². The zero-order chi connectivity index (χ0) is 15.7. The van der Waals surface area contributed by atoms with Crippen LogP contribution in [0.1, 0.15) is 79.1 Å². The van der Waals surface area contributed by atoms with E-state index in [0.717, 1.165) is 25.7 Å². The fourth-order valence-corrected chi connectivity index (χ4v) is 4.45. The van der Waals surface area contributed by atoms with Crippen LogP contribution in [0, 0.1) is 17.3 Å². The first-order valence-corrected chi connectivity index (χ1v) is 8.82. The number of amides is 1. The highest BCUT2D eigenvalue weighted by atomic mass is 16.2. The smallest absolute Gasteiger partial charge is 0.240 e. The minimum absolute atomic E-state index is 0.107. The van der Waals surface area contributed by atoms with Crippen molar-refractivity contribution in [1.29, 1.82) is 0 Å². The van der Waals surface area contributed by atoms with Crippen molar-refractivity contribution in [3.63, 3.8) is 0 Å². The Bertz CT molecular complexity index is 374. The summed E-state index contributed by atoms with van der Waals surface area (Å²) < 4.78 is 0. The first-order chi connectivity index (χ1) is 9.72. The zero-order valence-corrected chi connectivity index (χ0v) is 14.4. The first-order valence-electron chi connectivity index (χ1n) is 8.82. The second-order valence-electron chi connectivity index (χ2n) is 8.69. The average molecular weight is 294 g/mol. The second kappa shape index (κ2) is 6.28. The summed E-state index contributed by atoms with van der Waals surface area (Å²) in [6, 6.07) is 0.309. The van der Waals surface area contributed by atoms with Crippen molar-refractivity contribution in [3.05, 3.63) is 0 Å². The molecule has 2 saturated carbocycles. The number of hydrogen-bond acceptors (Lipinski definition) is 2. The van der Waals surface area contributed by atoms with Crippen molar-refractivity contribution in [3.8, 4) is 0 Å². The van der Waals surface area contributed by atoms with Crippen molar-refractivity contribution in [2.24, 2.45) is 23.0 Å². The molecule has 0 radical (unpaired) electrons. The summed E-state index contributed by atoms with van der Waals surface area (Å²) in [5, 5.41) is 3.34. The van der Waals surface area contributed by atoms with E-state index in [1.54, 1.807) is 0 Å². The van der Waals surface area contributed by atoms with E-state index >= 15 is 0 Å². The summed E-state index contributed by atoms with van der Waals surface area (Å²) in [6.07, 6.45) is 8.83. The van der Waals surface area contributed by atoms with Gasteiger partial charge in [0.05, 0.1) is 5.54 Å². The zero-order valence-electron chi connectivity index (χ0n) is 14.4. The Balaban J connectivity index is 2.03. The van der Waals surface area contributed by atoms with Gasteiger partial charge >= 0.3 is 0 Å². The average Bonchev–Trinajstić information content (AvgIpc) is 2.37. The highest BCUT2D eigenvalue weighted by Gasteiger charge is 2.41. The Morgan fingerprint density at radius 2 is 1.81 bits per heavy atom. The van der Waals surface area contributed by atoms with Crippen LogP contribution in [0.15, 0.2) is 0 Å². The van der Waals surface area contributed by atoms with Gasteiger partial charge in [-0.2, -0.15) is 0 Å². The molecule has 0 spiro atoms. The number of carbonyl (C=O) groups excluding carboxylic acids is 1. The summed E-state index contributed by atoms with van der Waals surface area (Å²) in [7, 11) is 0. The molecule has 21 heavy (non-hydrogen) atoms. The molecule has 0 aromatic rings. The monoisotopic (exact) mass is 294 g/mol. The van der Waals surface area contributed by atoms with E-state index in [2.05, 4.69) is 33.0 Å². The molecule has 2 aliphatic rings. The fraction of sp³-hybridized carbons (Fsp3) is 0.944. The normalized spacial score (nSPS) is 38.0. The van der Waals surface area contributed by atoms with Crippen LogP contribution in [0.2, 0.25) is 0 Å². The van der Waals surface area contributed by atoms with Crippen LogP contribution in [0.5, 0.6) is 0 Å². The molecule has 0 bridgehead atoms. The molecular formula is C18H34N2O. The molecule has 0 aromatic heterocycles. The van der Waals surface area contributed by atoms with E-state index < -0.39 is 5.54 Å². The summed E-state index contributed by atoms with van der Waals surface area (Å²) in [5.74, 6) is 1.24. The minimum Gasteiger partial charge on any atom is -0.351 e. The molecule has 3 heteroatoms. The van der Waals surface area contributed by atoms with Crippen LogP contribution < -0.4 is 11.1 Å². The molecule has 0 saturated heterocycles. The molecule has 3 N–H and O–H groups in total. The van der Waals surface area contributed by atoms with Crippen LogP contribution in [0.4, 0.5) is 0 Å². The Hall–Kier alpha value is -0.570. The van der Waals surface area contributed by atoms with Crippen LogP contribution >= 0.6 is 0 Å². The number of nitrogens with two attached hydrogens (primary N) is 1. The SMILES string of the molecule is CC1CCCC(N)(C(=O)NC2CCCCC2C(C)(C)C)C1. The van der Waals surface area contributed by atoms with Gasteiger partial charge in [0.15, 0.2) is 0 Å². The molecule has 2 aliphatic carbocycles. The molecule has 122 valence electrons. The topological polar surface area (TPSA) is 55.1 Å². The Morgan fingerprint density at radius 3 is 2.43 bits per heavy atom. The third-order valence-corrected chi connectivity index (χ3v) is 5.68. The quantitative estimate of drug-likeness (QED) is 0.817. The molecule has 2 rings (SSSR count). The van der Waals surface area contributed by atoms with Gasteiger partial charge in [-0.05, 0) is 42.9 Å². The van der Waals surface area contributed by atoms with Gasteiger partial charge in [0.1, 0.15) is 0 Å². The van der Waals surface area contributed by atoms with E-state index in [-0.39, 0.29) is 11.3 Å². The number of hydrogen-bond donors (Lipinski definition) is 2. The second-order valence-corrected chi connectivity index (χ2v) is 8.69. The van der Waals surface area contributed by atoms with Gasteiger partial charge in [-0.1, -0.05) is 53.4 Å². The van der Waals surface area contributed by atoms with Gasteiger partial charge in [0.2, 0.25) is 5.91 Å². The van der Waals surface area contributed by atoms with Crippen molar-refractivity contribution in [2.45, 2.75) is 90.6 Å². The number of nitrogens with one attached hydrogen (secondary N) is 1. The van der Waals surface area contributed by atoms with Gasteiger partial charge in [-0.3, -0.25) is 4.79 Å². The van der Waals surface area contributed by atoms with Gasteiger partial charge in [0, 0.05) is 6.04 Å². The maximum absolute atomic E-state index is 12.8. The van der Waals surface area contributed by atoms with Gasteiger partial charge in [-0.15, -0.1) is 0 Å². The predicted molar refractivity (Wildman–Crippen MR) is 87.9 cm³/mol. The van der Waals surface area contributed by atoms with Gasteiger partial charge in [0.25, 0.3) is 0 Å². The number of carbonyl (C=O) groups is 1. The van der Waals surface area contributed by atoms with Gasteiger partial charge in [-0.25, -0.2) is 0 Å². The third kappa shape index (κ3) is 4.00. The largest absolute Gasteiger partial charge is 0.351 e. The van der Waals surface area contributed by atoms with E-state index in [0.29, 0.717) is 17.9 Å². The Labute approximate surface area is 130 Å². The number of rotatable bonds is 2. The lowest BCUT2D eigenvalue weighted by Crippen LogP contribution is -2.60. The van der Waals surface area contributed by atoms with Crippen molar-refractivity contribution >= 4 is 5.91 Å². The summed E-state index contributed by atoms with van der Waals surface area (Å²) >= 11 is 0. The molecular weight excluding hydrogens is 260 g/mol. The van der Waals surface area contributed by atoms with Crippen LogP contribution in [0.25, 0.3) is 0 Å². The summed E-state index contributed by atoms with van der Waals surface area (Å²) in [5.41, 5.74) is 6.08. The van der Waals surface area contributed by atoms with Crippen molar-refractivity contribution < 1.29 is 4.79 Å². The van der Waals surface area contributed by atoms with Crippen LogP contribution in [-0.4, -0.2) is 17.5 Å². The lowest BCUT2D eigenvalue weighted by atomic mass is 9.69. The lowest BCUT2D eigenvalue weighted by Gasteiger charge is -2.43. The molecule has 4 atom stereocenters. The summed E-state index contributed by atoms with van der Waals surface area (Å²) in [4.78, 5) is 12.8. The maximum atomic E-state index is 12.8. The maximum Gasteiger partial charge on any atom is 0.240 e. The molecule has 2 fully saturated rings. The standard InChI is InChI=1S/C18H34N2O/c1-13-8-7-11-18(19,12-13)16(21)20-15-10-6-5-9-14(15)17(2,3)4/h13-15H,5-12,19H2,1-4H3,(H,20,21). The van der Waals surface area contributed by atoms with Crippen LogP contribution in [0.3, 0.4) is 0 Å². The van der Waals surface area contributed by atoms with Crippen LogP contribution in [-0.2, 0) is 4.79 Å².